The highest BCUT2D eigenvalue weighted by molar-refractivity contribution is 7.98. The summed E-state index contributed by atoms with van der Waals surface area (Å²) in [5.74, 6) is 1.70. The van der Waals surface area contributed by atoms with Crippen LogP contribution < -0.4 is 5.73 Å². The molecule has 2 aromatic rings. The van der Waals surface area contributed by atoms with E-state index in [1.807, 2.05) is 11.6 Å². The number of thioether (sulfide) groups is 1. The highest BCUT2D eigenvalue weighted by atomic mass is 32.2. The molecule has 2 aromatic heterocycles. The second-order valence-electron chi connectivity index (χ2n) is 4.64. The van der Waals surface area contributed by atoms with Crippen molar-refractivity contribution in [3.63, 3.8) is 0 Å². The minimum atomic E-state index is 0.430. The molecule has 0 fully saturated rings. The van der Waals surface area contributed by atoms with Crippen LogP contribution >= 0.6 is 11.8 Å². The Balaban J connectivity index is 2.12. The third kappa shape index (κ3) is 3.21. The van der Waals surface area contributed by atoms with Crippen molar-refractivity contribution in [3.8, 4) is 0 Å². The third-order valence-electron chi connectivity index (χ3n) is 3.06. The summed E-state index contributed by atoms with van der Waals surface area (Å²) >= 11 is 1.69. The first kappa shape index (κ1) is 15.1. The van der Waals surface area contributed by atoms with Gasteiger partial charge in [0.25, 0.3) is 0 Å². The van der Waals surface area contributed by atoms with E-state index in [9.17, 15) is 0 Å². The van der Waals surface area contributed by atoms with Crippen LogP contribution in [-0.2, 0) is 25.4 Å². The largest absolute Gasteiger partial charge is 0.324 e. The molecule has 0 aliphatic rings. The molecular weight excluding hydrogens is 272 g/mol. The van der Waals surface area contributed by atoms with Crippen LogP contribution in [0.3, 0.4) is 0 Å². The summed E-state index contributed by atoms with van der Waals surface area (Å²) in [6.45, 7) is 8.50. The predicted octanol–water partition coefficient (Wildman–Crippen LogP) is 1.96. The van der Waals surface area contributed by atoms with E-state index in [1.165, 1.54) is 5.69 Å². The number of nitrogens with zero attached hydrogens (tertiary/aromatic N) is 5. The Morgan fingerprint density at radius 2 is 2.10 bits per heavy atom. The van der Waals surface area contributed by atoms with Gasteiger partial charge in [0, 0.05) is 24.5 Å². The van der Waals surface area contributed by atoms with Gasteiger partial charge in [-0.05, 0) is 26.3 Å². The van der Waals surface area contributed by atoms with Gasteiger partial charge in [0.1, 0.15) is 5.82 Å². The van der Waals surface area contributed by atoms with Crippen LogP contribution in [0.25, 0.3) is 0 Å². The van der Waals surface area contributed by atoms with Gasteiger partial charge in [0.2, 0.25) is 0 Å². The predicted molar refractivity (Wildman–Crippen MR) is 80.4 cm³/mol. The maximum atomic E-state index is 5.70. The maximum Gasteiger partial charge on any atom is 0.191 e. The summed E-state index contributed by atoms with van der Waals surface area (Å²) in [6, 6.07) is 2.13. The molecule has 0 radical (unpaired) electrons. The normalized spacial score (nSPS) is 11.2. The van der Waals surface area contributed by atoms with Crippen LogP contribution in [-0.4, -0.2) is 24.5 Å². The SMILES string of the molecule is CCCn1c(CN)nnc1SCc1cc(C)nn1CC. The van der Waals surface area contributed by atoms with Gasteiger partial charge in [0.05, 0.1) is 12.2 Å². The monoisotopic (exact) mass is 294 g/mol. The van der Waals surface area contributed by atoms with E-state index in [0.29, 0.717) is 6.54 Å². The Kier molecular flexibility index (Phi) is 5.19. The van der Waals surface area contributed by atoms with E-state index in [2.05, 4.69) is 39.8 Å². The molecule has 6 nitrogen and oxygen atoms in total. The molecule has 2 rings (SSSR count). The van der Waals surface area contributed by atoms with Crippen molar-refractivity contribution in [1.82, 2.24) is 24.5 Å². The van der Waals surface area contributed by atoms with Crippen LogP contribution in [0.15, 0.2) is 11.2 Å². The molecule has 0 saturated heterocycles. The van der Waals surface area contributed by atoms with Gasteiger partial charge in [-0.15, -0.1) is 10.2 Å². The molecule has 0 aromatic carbocycles. The molecular formula is C13H22N6S. The summed E-state index contributed by atoms with van der Waals surface area (Å²) in [4.78, 5) is 0. The van der Waals surface area contributed by atoms with E-state index in [0.717, 1.165) is 41.9 Å². The topological polar surface area (TPSA) is 74.6 Å². The zero-order valence-corrected chi connectivity index (χ0v) is 13.2. The molecule has 0 bridgehead atoms. The fourth-order valence-electron chi connectivity index (χ4n) is 2.15. The first-order valence-electron chi connectivity index (χ1n) is 6.97. The zero-order valence-electron chi connectivity index (χ0n) is 12.3. The average Bonchev–Trinajstić information content (AvgIpc) is 3.00. The van der Waals surface area contributed by atoms with Crippen molar-refractivity contribution in [2.45, 2.75) is 57.7 Å². The summed E-state index contributed by atoms with van der Waals surface area (Å²) in [5, 5.41) is 13.8. The second-order valence-corrected chi connectivity index (χ2v) is 5.58. The maximum absolute atomic E-state index is 5.70. The highest BCUT2D eigenvalue weighted by Gasteiger charge is 2.12. The van der Waals surface area contributed by atoms with Gasteiger partial charge in [-0.2, -0.15) is 5.10 Å². The van der Waals surface area contributed by atoms with Gasteiger partial charge < -0.3 is 10.3 Å². The third-order valence-corrected chi connectivity index (χ3v) is 4.06. The minimum Gasteiger partial charge on any atom is -0.324 e. The number of hydrogen-bond donors (Lipinski definition) is 1. The first-order valence-corrected chi connectivity index (χ1v) is 7.96. The molecule has 7 heteroatoms. The van der Waals surface area contributed by atoms with E-state index < -0.39 is 0 Å². The summed E-state index contributed by atoms with van der Waals surface area (Å²) in [7, 11) is 0. The van der Waals surface area contributed by atoms with Crippen LogP contribution in [0.1, 0.15) is 37.5 Å². The number of aryl methyl sites for hydroxylation is 2. The number of rotatable bonds is 7. The Labute approximate surface area is 123 Å². The Hall–Kier alpha value is -1.34. The molecule has 0 aliphatic heterocycles. The summed E-state index contributed by atoms with van der Waals surface area (Å²) in [5.41, 5.74) is 7.98. The van der Waals surface area contributed by atoms with Crippen LogP contribution in [0.2, 0.25) is 0 Å². The second kappa shape index (κ2) is 6.90. The Bertz CT molecular complexity index is 559. The first-order chi connectivity index (χ1) is 9.69. The van der Waals surface area contributed by atoms with Crippen LogP contribution in [0.5, 0.6) is 0 Å². The van der Waals surface area contributed by atoms with E-state index in [-0.39, 0.29) is 0 Å². The lowest BCUT2D eigenvalue weighted by atomic mass is 10.4. The molecule has 20 heavy (non-hydrogen) atoms. The van der Waals surface area contributed by atoms with Crippen molar-refractivity contribution in [1.29, 1.82) is 0 Å². The summed E-state index contributed by atoms with van der Waals surface area (Å²) < 4.78 is 4.15. The molecule has 2 heterocycles. The molecule has 0 saturated carbocycles. The van der Waals surface area contributed by atoms with Crippen LogP contribution in [0.4, 0.5) is 0 Å². The quantitative estimate of drug-likeness (QED) is 0.790. The molecule has 0 aliphatic carbocycles. The van der Waals surface area contributed by atoms with Crippen molar-refractivity contribution < 1.29 is 0 Å². The molecule has 2 N–H and O–H groups in total. The summed E-state index contributed by atoms with van der Waals surface area (Å²) in [6.07, 6.45) is 1.05. The lowest BCUT2D eigenvalue weighted by Gasteiger charge is -2.08. The van der Waals surface area contributed by atoms with Crippen molar-refractivity contribution in [2.75, 3.05) is 0 Å². The van der Waals surface area contributed by atoms with Gasteiger partial charge in [-0.1, -0.05) is 18.7 Å². The van der Waals surface area contributed by atoms with Crippen molar-refractivity contribution >= 4 is 11.8 Å². The zero-order chi connectivity index (χ0) is 14.5. The fraction of sp³-hybridized carbons (Fsp3) is 0.615. The average molecular weight is 294 g/mol. The smallest absolute Gasteiger partial charge is 0.191 e. The van der Waals surface area contributed by atoms with E-state index in [4.69, 9.17) is 5.73 Å². The van der Waals surface area contributed by atoms with E-state index in [1.54, 1.807) is 11.8 Å². The Morgan fingerprint density at radius 3 is 2.75 bits per heavy atom. The van der Waals surface area contributed by atoms with Gasteiger partial charge in [-0.3, -0.25) is 4.68 Å². The molecule has 0 spiro atoms. The van der Waals surface area contributed by atoms with Crippen molar-refractivity contribution in [2.24, 2.45) is 5.73 Å². The highest BCUT2D eigenvalue weighted by Crippen LogP contribution is 2.22. The molecule has 0 atom stereocenters. The molecule has 0 amide bonds. The van der Waals surface area contributed by atoms with E-state index >= 15 is 0 Å². The minimum absolute atomic E-state index is 0.430. The lowest BCUT2D eigenvalue weighted by Crippen LogP contribution is -2.09. The number of nitrogens with two attached hydrogens (primary N) is 1. The lowest BCUT2D eigenvalue weighted by molar-refractivity contribution is 0.591. The van der Waals surface area contributed by atoms with Crippen LogP contribution in [0, 0.1) is 6.92 Å². The Morgan fingerprint density at radius 1 is 1.30 bits per heavy atom. The molecule has 110 valence electrons. The fourth-order valence-corrected chi connectivity index (χ4v) is 3.11. The molecule has 0 unspecified atom stereocenters. The van der Waals surface area contributed by atoms with Crippen molar-refractivity contribution in [3.05, 3.63) is 23.3 Å². The standard InChI is InChI=1S/C13H22N6S/c1-4-6-18-12(8-14)15-16-13(18)20-9-11-7-10(3)17-19(11)5-2/h7H,4-6,8-9,14H2,1-3H3. The van der Waals surface area contributed by atoms with Gasteiger partial charge in [0.15, 0.2) is 5.16 Å². The van der Waals surface area contributed by atoms with Gasteiger partial charge in [-0.25, -0.2) is 0 Å². The van der Waals surface area contributed by atoms with Gasteiger partial charge >= 0.3 is 0 Å². The number of hydrogen-bond acceptors (Lipinski definition) is 5. The number of aromatic nitrogens is 5.